The van der Waals surface area contributed by atoms with E-state index in [1.807, 2.05) is 13.0 Å². The summed E-state index contributed by atoms with van der Waals surface area (Å²) in [4.78, 5) is 8.37. The zero-order chi connectivity index (χ0) is 19.7. The Hall–Kier alpha value is -2.97. The Bertz CT molecular complexity index is 732. The van der Waals surface area contributed by atoms with Crippen molar-refractivity contribution in [2.24, 2.45) is 10.7 Å². The van der Waals surface area contributed by atoms with Crippen molar-refractivity contribution in [1.29, 1.82) is 0 Å². The number of aromatic nitrogens is 1. The molecule has 0 amide bonds. The standard InChI is InChI=1S/C18H21F3N4O2/c1-2-9-26-16-8-5-14(11-23-16)12-25-17(22)24-10-13-3-6-15(7-4-13)27-18(19,20)21/h3-8,11H,2,9-10,12H2,1H3,(H3,22,24,25). The number of nitrogens with zero attached hydrogens (tertiary/aromatic N) is 2. The van der Waals surface area contributed by atoms with Gasteiger partial charge in [0.15, 0.2) is 5.96 Å². The summed E-state index contributed by atoms with van der Waals surface area (Å²) in [6, 6.07) is 9.14. The van der Waals surface area contributed by atoms with E-state index in [1.165, 1.54) is 24.3 Å². The molecule has 0 aliphatic heterocycles. The number of benzene rings is 1. The topological polar surface area (TPSA) is 81.8 Å². The summed E-state index contributed by atoms with van der Waals surface area (Å²) in [7, 11) is 0. The summed E-state index contributed by atoms with van der Waals surface area (Å²) in [5.74, 6) is 0.511. The molecule has 1 aromatic heterocycles. The largest absolute Gasteiger partial charge is 0.573 e. The molecule has 0 aliphatic rings. The van der Waals surface area contributed by atoms with Crippen LogP contribution in [0.3, 0.4) is 0 Å². The van der Waals surface area contributed by atoms with E-state index >= 15 is 0 Å². The van der Waals surface area contributed by atoms with Gasteiger partial charge in [0.25, 0.3) is 0 Å². The number of hydrogen-bond acceptors (Lipinski definition) is 4. The van der Waals surface area contributed by atoms with Crippen LogP contribution in [0.1, 0.15) is 24.5 Å². The minimum Gasteiger partial charge on any atom is -0.478 e. The van der Waals surface area contributed by atoms with E-state index in [2.05, 4.69) is 20.0 Å². The Morgan fingerprint density at radius 3 is 2.44 bits per heavy atom. The summed E-state index contributed by atoms with van der Waals surface area (Å²) < 4.78 is 45.6. The van der Waals surface area contributed by atoms with Crippen LogP contribution in [0.2, 0.25) is 0 Å². The minimum absolute atomic E-state index is 0.219. The van der Waals surface area contributed by atoms with Crippen molar-refractivity contribution in [3.63, 3.8) is 0 Å². The number of guanidine groups is 1. The average molecular weight is 382 g/mol. The lowest BCUT2D eigenvalue weighted by Crippen LogP contribution is -2.31. The van der Waals surface area contributed by atoms with Gasteiger partial charge in [-0.05, 0) is 29.7 Å². The van der Waals surface area contributed by atoms with Crippen LogP contribution in [0.15, 0.2) is 47.6 Å². The molecule has 0 saturated heterocycles. The molecular formula is C18H21F3N4O2. The number of aliphatic imine (C=N–C) groups is 1. The second-order valence-electron chi connectivity index (χ2n) is 5.60. The van der Waals surface area contributed by atoms with Gasteiger partial charge in [-0.15, -0.1) is 13.2 Å². The Balaban J connectivity index is 1.80. The first-order valence-corrected chi connectivity index (χ1v) is 8.32. The number of alkyl halides is 3. The van der Waals surface area contributed by atoms with Crippen LogP contribution in [0.25, 0.3) is 0 Å². The smallest absolute Gasteiger partial charge is 0.478 e. The molecule has 9 heteroatoms. The summed E-state index contributed by atoms with van der Waals surface area (Å²) in [6.07, 6.45) is -2.12. The highest BCUT2D eigenvalue weighted by Crippen LogP contribution is 2.22. The number of ether oxygens (including phenoxy) is 2. The first-order valence-electron chi connectivity index (χ1n) is 8.32. The van der Waals surface area contributed by atoms with Crippen LogP contribution < -0.4 is 20.5 Å². The fraction of sp³-hybridized carbons (Fsp3) is 0.333. The number of nitrogens with one attached hydrogen (secondary N) is 1. The van der Waals surface area contributed by atoms with E-state index in [4.69, 9.17) is 10.5 Å². The van der Waals surface area contributed by atoms with Crippen molar-refractivity contribution >= 4 is 5.96 Å². The molecule has 0 spiro atoms. The molecule has 3 N–H and O–H groups in total. The molecule has 0 radical (unpaired) electrons. The molecule has 0 atom stereocenters. The number of rotatable bonds is 8. The van der Waals surface area contributed by atoms with Crippen molar-refractivity contribution in [1.82, 2.24) is 10.3 Å². The fourth-order valence-corrected chi connectivity index (χ4v) is 2.03. The van der Waals surface area contributed by atoms with E-state index in [0.717, 1.165) is 17.5 Å². The van der Waals surface area contributed by atoms with Gasteiger partial charge in [-0.25, -0.2) is 9.98 Å². The molecule has 0 aliphatic carbocycles. The van der Waals surface area contributed by atoms with Crippen molar-refractivity contribution < 1.29 is 22.6 Å². The van der Waals surface area contributed by atoms with Crippen molar-refractivity contribution in [3.8, 4) is 11.6 Å². The van der Waals surface area contributed by atoms with Crippen LogP contribution >= 0.6 is 0 Å². The second kappa shape index (κ2) is 9.65. The molecular weight excluding hydrogens is 361 g/mol. The number of pyridine rings is 1. The van der Waals surface area contributed by atoms with Gasteiger partial charge in [-0.3, -0.25) is 0 Å². The SMILES string of the molecule is CCCOc1ccc(CN=C(N)NCc2ccc(OC(F)(F)F)cc2)cn1. The monoisotopic (exact) mass is 382 g/mol. The summed E-state index contributed by atoms with van der Waals surface area (Å²) in [6.45, 7) is 3.30. The van der Waals surface area contributed by atoms with Crippen LogP contribution in [-0.4, -0.2) is 23.9 Å². The summed E-state index contributed by atoms with van der Waals surface area (Å²) in [5, 5.41) is 2.90. The van der Waals surface area contributed by atoms with Gasteiger partial charge in [0.2, 0.25) is 5.88 Å². The molecule has 2 aromatic rings. The zero-order valence-electron chi connectivity index (χ0n) is 14.8. The van der Waals surface area contributed by atoms with Gasteiger partial charge in [0.05, 0.1) is 13.2 Å². The van der Waals surface area contributed by atoms with Crippen LogP contribution in [-0.2, 0) is 13.1 Å². The number of halogens is 3. The van der Waals surface area contributed by atoms with Crippen LogP contribution in [0.4, 0.5) is 13.2 Å². The van der Waals surface area contributed by atoms with Gasteiger partial charge in [-0.1, -0.05) is 25.1 Å². The van der Waals surface area contributed by atoms with Gasteiger partial charge >= 0.3 is 6.36 Å². The summed E-state index contributed by atoms with van der Waals surface area (Å²) >= 11 is 0. The molecule has 146 valence electrons. The quantitative estimate of drug-likeness (QED) is 0.540. The lowest BCUT2D eigenvalue weighted by atomic mass is 10.2. The maximum atomic E-state index is 12.1. The summed E-state index contributed by atoms with van der Waals surface area (Å²) in [5.41, 5.74) is 7.41. The first-order chi connectivity index (χ1) is 12.9. The Morgan fingerprint density at radius 2 is 1.85 bits per heavy atom. The van der Waals surface area contributed by atoms with E-state index in [9.17, 15) is 13.2 Å². The molecule has 2 rings (SSSR count). The molecule has 0 saturated carbocycles. The first kappa shape index (κ1) is 20.3. The van der Waals surface area contributed by atoms with Gasteiger partial charge in [-0.2, -0.15) is 0 Å². The normalized spacial score (nSPS) is 11.9. The van der Waals surface area contributed by atoms with Crippen molar-refractivity contribution in [2.45, 2.75) is 32.8 Å². The third-order valence-electron chi connectivity index (χ3n) is 3.31. The second-order valence-corrected chi connectivity index (χ2v) is 5.60. The van der Waals surface area contributed by atoms with E-state index in [0.29, 0.717) is 25.6 Å². The van der Waals surface area contributed by atoms with Crippen LogP contribution in [0.5, 0.6) is 11.6 Å². The maximum absolute atomic E-state index is 12.1. The van der Waals surface area contributed by atoms with E-state index in [1.54, 1.807) is 12.3 Å². The number of hydrogen-bond donors (Lipinski definition) is 2. The molecule has 0 fully saturated rings. The van der Waals surface area contributed by atoms with Crippen LogP contribution in [0, 0.1) is 0 Å². The highest BCUT2D eigenvalue weighted by molar-refractivity contribution is 5.77. The Morgan fingerprint density at radius 1 is 1.15 bits per heavy atom. The fourth-order valence-electron chi connectivity index (χ4n) is 2.03. The number of nitrogens with two attached hydrogens (primary N) is 1. The molecule has 1 heterocycles. The Labute approximate surface area is 155 Å². The van der Waals surface area contributed by atoms with Crippen molar-refractivity contribution in [3.05, 3.63) is 53.7 Å². The molecule has 0 bridgehead atoms. The molecule has 1 aromatic carbocycles. The van der Waals surface area contributed by atoms with Gasteiger partial charge < -0.3 is 20.5 Å². The highest BCUT2D eigenvalue weighted by atomic mass is 19.4. The maximum Gasteiger partial charge on any atom is 0.573 e. The molecule has 6 nitrogen and oxygen atoms in total. The van der Waals surface area contributed by atoms with Gasteiger partial charge in [0.1, 0.15) is 5.75 Å². The van der Waals surface area contributed by atoms with E-state index < -0.39 is 6.36 Å². The lowest BCUT2D eigenvalue weighted by molar-refractivity contribution is -0.274. The van der Waals surface area contributed by atoms with E-state index in [-0.39, 0.29) is 11.7 Å². The predicted molar refractivity (Wildman–Crippen MR) is 95.3 cm³/mol. The average Bonchev–Trinajstić information content (AvgIpc) is 2.63. The molecule has 27 heavy (non-hydrogen) atoms. The predicted octanol–water partition coefficient (Wildman–Crippen LogP) is 3.37. The third kappa shape index (κ3) is 7.85. The zero-order valence-corrected chi connectivity index (χ0v) is 14.8. The highest BCUT2D eigenvalue weighted by Gasteiger charge is 2.30. The lowest BCUT2D eigenvalue weighted by Gasteiger charge is -2.10. The third-order valence-corrected chi connectivity index (χ3v) is 3.31. The Kier molecular flexibility index (Phi) is 7.27. The molecule has 0 unspecified atom stereocenters. The minimum atomic E-state index is -4.70. The van der Waals surface area contributed by atoms with Gasteiger partial charge in [0, 0.05) is 18.8 Å². The van der Waals surface area contributed by atoms with Crippen molar-refractivity contribution in [2.75, 3.05) is 6.61 Å².